The molecule has 1 aromatic heterocycles. The molecule has 6 nitrogen and oxygen atoms in total. The van der Waals surface area contributed by atoms with E-state index in [1.807, 2.05) is 12.1 Å². The van der Waals surface area contributed by atoms with Crippen LogP contribution in [-0.2, 0) is 13.1 Å². The number of rotatable bonds is 6. The van der Waals surface area contributed by atoms with E-state index in [9.17, 15) is 9.18 Å². The molecule has 0 spiro atoms. The van der Waals surface area contributed by atoms with Crippen LogP contribution in [-0.4, -0.2) is 58.7 Å². The van der Waals surface area contributed by atoms with Crippen LogP contribution >= 0.6 is 0 Å². The van der Waals surface area contributed by atoms with Crippen molar-refractivity contribution in [2.24, 2.45) is 0 Å². The number of hydrogen-bond donors (Lipinski definition) is 1. The van der Waals surface area contributed by atoms with Gasteiger partial charge in [-0.3, -0.25) is 9.69 Å². The zero-order valence-electron chi connectivity index (χ0n) is 17.1. The highest BCUT2D eigenvalue weighted by atomic mass is 19.1. The maximum atomic E-state index is 13.9. The van der Waals surface area contributed by atoms with Gasteiger partial charge in [-0.2, -0.15) is 5.10 Å². The van der Waals surface area contributed by atoms with Gasteiger partial charge in [0, 0.05) is 45.5 Å². The summed E-state index contributed by atoms with van der Waals surface area (Å²) >= 11 is 0. The largest absolute Gasteiger partial charge is 0.347 e. The Morgan fingerprint density at radius 2 is 1.70 bits per heavy atom. The van der Waals surface area contributed by atoms with Gasteiger partial charge in [-0.1, -0.05) is 36.4 Å². The van der Waals surface area contributed by atoms with E-state index in [4.69, 9.17) is 0 Å². The number of hydrogen-bond acceptors (Lipinski definition) is 4. The molecule has 0 radical (unpaired) electrons. The molecule has 1 aliphatic rings. The fraction of sp³-hybridized carbons (Fsp3) is 0.304. The van der Waals surface area contributed by atoms with Gasteiger partial charge in [-0.05, 0) is 36.4 Å². The van der Waals surface area contributed by atoms with E-state index in [0.717, 1.165) is 38.3 Å². The number of benzene rings is 2. The van der Waals surface area contributed by atoms with E-state index in [2.05, 4.69) is 39.4 Å². The number of para-hydroxylation sites is 1. The molecule has 0 bridgehead atoms. The Labute approximate surface area is 175 Å². The first kappa shape index (κ1) is 20.3. The lowest BCUT2D eigenvalue weighted by atomic mass is 10.1. The zero-order chi connectivity index (χ0) is 20.9. The Bertz CT molecular complexity index is 993. The summed E-state index contributed by atoms with van der Waals surface area (Å²) in [4.78, 5) is 17.2. The lowest BCUT2D eigenvalue weighted by Crippen LogP contribution is -2.43. The highest BCUT2D eigenvalue weighted by Gasteiger charge is 2.14. The third kappa shape index (κ3) is 4.93. The molecular formula is C23H26FN5O. The van der Waals surface area contributed by atoms with Crippen LogP contribution in [0.3, 0.4) is 0 Å². The molecule has 1 saturated heterocycles. The summed E-state index contributed by atoms with van der Waals surface area (Å²) < 4.78 is 15.3. The molecular weight excluding hydrogens is 381 g/mol. The first-order valence-corrected chi connectivity index (χ1v) is 10.2. The second kappa shape index (κ2) is 9.19. The van der Waals surface area contributed by atoms with Gasteiger partial charge >= 0.3 is 0 Å². The standard InChI is InChI=1S/C23H26FN5O/c1-27-12-14-28(15-13-27)17-19-8-6-18(7-9-19)16-25-23(30)21-10-11-29(26-21)22-5-3-2-4-20(22)24/h2-11H,12-17H2,1H3,(H,25,30). The van der Waals surface area contributed by atoms with Crippen molar-refractivity contribution >= 4 is 5.91 Å². The normalized spacial score (nSPS) is 15.3. The summed E-state index contributed by atoms with van der Waals surface area (Å²) in [6, 6.07) is 16.2. The smallest absolute Gasteiger partial charge is 0.272 e. The minimum Gasteiger partial charge on any atom is -0.347 e. The fourth-order valence-electron chi connectivity index (χ4n) is 3.52. The fourth-order valence-corrected chi connectivity index (χ4v) is 3.52. The van der Waals surface area contributed by atoms with Gasteiger partial charge in [0.15, 0.2) is 5.69 Å². The van der Waals surface area contributed by atoms with Crippen LogP contribution in [0.4, 0.5) is 4.39 Å². The number of halogens is 1. The highest BCUT2D eigenvalue weighted by Crippen LogP contribution is 2.13. The Hall–Kier alpha value is -3.03. The first-order valence-electron chi connectivity index (χ1n) is 10.2. The van der Waals surface area contributed by atoms with Crippen LogP contribution in [0.1, 0.15) is 21.6 Å². The molecule has 1 aliphatic heterocycles. The van der Waals surface area contributed by atoms with Crippen molar-refractivity contribution in [3.05, 3.63) is 83.4 Å². The van der Waals surface area contributed by atoms with Crippen LogP contribution in [0.5, 0.6) is 0 Å². The molecule has 0 aliphatic carbocycles. The van der Waals surface area contributed by atoms with E-state index < -0.39 is 0 Å². The van der Waals surface area contributed by atoms with Gasteiger partial charge in [-0.15, -0.1) is 0 Å². The summed E-state index contributed by atoms with van der Waals surface area (Å²) in [6.07, 6.45) is 1.58. The predicted octanol–water partition coefficient (Wildman–Crippen LogP) is 2.69. The van der Waals surface area contributed by atoms with E-state index in [0.29, 0.717) is 12.2 Å². The molecule has 4 rings (SSSR count). The van der Waals surface area contributed by atoms with E-state index in [1.165, 1.54) is 16.3 Å². The van der Waals surface area contributed by atoms with Crippen LogP contribution < -0.4 is 5.32 Å². The number of carbonyl (C=O) groups is 1. The SMILES string of the molecule is CN1CCN(Cc2ccc(CNC(=O)c3ccn(-c4ccccc4F)n3)cc2)CC1. The Morgan fingerprint density at radius 3 is 2.43 bits per heavy atom. The molecule has 0 saturated carbocycles. The van der Waals surface area contributed by atoms with Crippen molar-refractivity contribution < 1.29 is 9.18 Å². The molecule has 2 heterocycles. The average molecular weight is 407 g/mol. The van der Waals surface area contributed by atoms with Crippen LogP contribution in [0, 0.1) is 5.82 Å². The average Bonchev–Trinajstić information content (AvgIpc) is 3.25. The predicted molar refractivity (Wildman–Crippen MR) is 114 cm³/mol. The number of nitrogens with zero attached hydrogens (tertiary/aromatic N) is 4. The second-order valence-electron chi connectivity index (χ2n) is 7.68. The van der Waals surface area contributed by atoms with Gasteiger partial charge < -0.3 is 10.2 Å². The van der Waals surface area contributed by atoms with Gasteiger partial charge in [0.25, 0.3) is 5.91 Å². The molecule has 1 N–H and O–H groups in total. The molecule has 0 unspecified atom stereocenters. The molecule has 30 heavy (non-hydrogen) atoms. The van der Waals surface area contributed by atoms with Crippen molar-refractivity contribution in [2.45, 2.75) is 13.1 Å². The highest BCUT2D eigenvalue weighted by molar-refractivity contribution is 5.92. The molecule has 3 aromatic rings. The summed E-state index contributed by atoms with van der Waals surface area (Å²) in [6.45, 7) is 5.77. The van der Waals surface area contributed by atoms with E-state index >= 15 is 0 Å². The van der Waals surface area contributed by atoms with Gasteiger partial charge in [0.2, 0.25) is 0 Å². The van der Waals surface area contributed by atoms with Crippen LogP contribution in [0.25, 0.3) is 5.69 Å². The monoisotopic (exact) mass is 407 g/mol. The van der Waals surface area contributed by atoms with Crippen molar-refractivity contribution in [2.75, 3.05) is 33.2 Å². The number of piperazine rings is 1. The van der Waals surface area contributed by atoms with E-state index in [1.54, 1.807) is 30.5 Å². The quantitative estimate of drug-likeness (QED) is 0.683. The van der Waals surface area contributed by atoms with Gasteiger partial charge in [0.1, 0.15) is 11.5 Å². The third-order valence-electron chi connectivity index (χ3n) is 5.40. The van der Waals surface area contributed by atoms with Crippen LogP contribution in [0.15, 0.2) is 60.8 Å². The summed E-state index contributed by atoms with van der Waals surface area (Å²) in [5.74, 6) is -0.671. The second-order valence-corrected chi connectivity index (χ2v) is 7.68. The van der Waals surface area contributed by atoms with Crippen LogP contribution in [0.2, 0.25) is 0 Å². The molecule has 2 aromatic carbocycles. The Kier molecular flexibility index (Phi) is 6.21. The molecule has 156 valence electrons. The molecule has 0 atom stereocenters. The topological polar surface area (TPSA) is 53.4 Å². The number of aromatic nitrogens is 2. The van der Waals surface area contributed by atoms with Gasteiger partial charge in [0.05, 0.1) is 0 Å². The van der Waals surface area contributed by atoms with Crippen molar-refractivity contribution in [3.8, 4) is 5.69 Å². The van der Waals surface area contributed by atoms with Gasteiger partial charge in [-0.25, -0.2) is 9.07 Å². The number of amides is 1. The Balaban J connectivity index is 1.30. The maximum absolute atomic E-state index is 13.9. The maximum Gasteiger partial charge on any atom is 0.272 e. The Morgan fingerprint density at radius 1 is 1.00 bits per heavy atom. The zero-order valence-corrected chi connectivity index (χ0v) is 17.1. The molecule has 7 heteroatoms. The van der Waals surface area contributed by atoms with Crippen molar-refractivity contribution in [3.63, 3.8) is 0 Å². The molecule has 1 amide bonds. The summed E-state index contributed by atoms with van der Waals surface area (Å²) in [7, 11) is 2.16. The lowest BCUT2D eigenvalue weighted by molar-refractivity contribution is 0.0945. The van der Waals surface area contributed by atoms with Crippen molar-refractivity contribution in [1.29, 1.82) is 0 Å². The minimum atomic E-state index is -0.385. The first-order chi connectivity index (χ1) is 14.6. The van der Waals surface area contributed by atoms with Crippen molar-refractivity contribution in [1.82, 2.24) is 24.9 Å². The number of nitrogens with one attached hydrogen (secondary N) is 1. The molecule has 1 fully saturated rings. The minimum absolute atomic E-state index is 0.255. The lowest BCUT2D eigenvalue weighted by Gasteiger charge is -2.32. The number of carbonyl (C=O) groups excluding carboxylic acids is 1. The van der Waals surface area contributed by atoms with E-state index in [-0.39, 0.29) is 17.4 Å². The summed E-state index contributed by atoms with van der Waals surface area (Å²) in [5, 5.41) is 7.07. The third-order valence-corrected chi connectivity index (χ3v) is 5.40. The summed E-state index contributed by atoms with van der Waals surface area (Å²) in [5.41, 5.74) is 2.87. The number of likely N-dealkylation sites (N-methyl/N-ethyl adjacent to an activating group) is 1.